The smallest absolute Gasteiger partial charge is 0.275 e. The topological polar surface area (TPSA) is 67.2 Å². The molecule has 2 bridgehead atoms. The van der Waals surface area contributed by atoms with Gasteiger partial charge in [0.2, 0.25) is 5.91 Å². The van der Waals surface area contributed by atoms with Gasteiger partial charge in [0.25, 0.3) is 5.56 Å². The van der Waals surface area contributed by atoms with Gasteiger partial charge in [-0.1, -0.05) is 68.3 Å². The summed E-state index contributed by atoms with van der Waals surface area (Å²) < 4.78 is 1.35. The van der Waals surface area contributed by atoms with Crippen molar-refractivity contribution in [2.24, 2.45) is 5.41 Å². The highest BCUT2D eigenvalue weighted by Crippen LogP contribution is 2.52. The number of aromatic nitrogens is 2. The van der Waals surface area contributed by atoms with Crippen LogP contribution in [0.1, 0.15) is 44.6 Å². The first kappa shape index (κ1) is 21.5. The second-order valence-corrected chi connectivity index (χ2v) is 10.6. The Morgan fingerprint density at radius 3 is 2.71 bits per heavy atom. The molecular formula is C28H32N4O2. The fraction of sp³-hybridized carbons (Fsp3) is 0.464. The highest BCUT2D eigenvalue weighted by Gasteiger charge is 2.60. The molecule has 5 atom stereocenters. The molecule has 6 rings (SSSR count). The minimum Gasteiger partial charge on any atom is -0.333 e. The van der Waals surface area contributed by atoms with Crippen molar-refractivity contribution in [2.45, 2.75) is 76.2 Å². The van der Waals surface area contributed by atoms with Crippen LogP contribution in [-0.4, -0.2) is 44.8 Å². The third-order valence-electron chi connectivity index (χ3n) is 8.63. The van der Waals surface area contributed by atoms with Crippen molar-refractivity contribution in [2.75, 3.05) is 0 Å². The van der Waals surface area contributed by atoms with Crippen LogP contribution in [0.3, 0.4) is 0 Å². The summed E-state index contributed by atoms with van der Waals surface area (Å²) in [5.74, 6) is 0.0195. The van der Waals surface area contributed by atoms with E-state index in [1.165, 1.54) is 23.1 Å². The SMILES string of the molecule is C[C@@]12C[C@H]3[C@H](Cc4ccccc4)N[C@@H]1CCCC[C@@H]2N3C(=O)Cn1ncc2ccccc2c1=O. The van der Waals surface area contributed by atoms with Crippen molar-refractivity contribution < 1.29 is 4.79 Å². The van der Waals surface area contributed by atoms with E-state index in [1.807, 2.05) is 24.3 Å². The predicted octanol–water partition coefficient (Wildman–Crippen LogP) is 3.53. The van der Waals surface area contributed by atoms with Crippen LogP contribution in [0.4, 0.5) is 0 Å². The minimum absolute atomic E-state index is 0.00449. The van der Waals surface area contributed by atoms with Crippen LogP contribution in [0.2, 0.25) is 0 Å². The number of benzene rings is 2. The molecule has 2 aromatic carbocycles. The van der Waals surface area contributed by atoms with Crippen molar-refractivity contribution in [3.8, 4) is 0 Å². The summed E-state index contributed by atoms with van der Waals surface area (Å²) in [6.45, 7) is 2.37. The normalized spacial score (nSPS) is 30.3. The first-order chi connectivity index (χ1) is 16.5. The molecule has 34 heavy (non-hydrogen) atoms. The molecule has 2 saturated heterocycles. The fourth-order valence-electron chi connectivity index (χ4n) is 6.94. The van der Waals surface area contributed by atoms with Gasteiger partial charge in [0.15, 0.2) is 0 Å². The molecule has 1 aromatic heterocycles. The molecule has 3 heterocycles. The summed E-state index contributed by atoms with van der Waals surface area (Å²) in [6, 6.07) is 19.0. The average Bonchev–Trinajstić information content (AvgIpc) is 3.00. The largest absolute Gasteiger partial charge is 0.333 e. The summed E-state index contributed by atoms with van der Waals surface area (Å²) in [6.07, 6.45) is 8.16. The van der Waals surface area contributed by atoms with Crippen LogP contribution in [0.25, 0.3) is 10.8 Å². The zero-order chi connectivity index (χ0) is 23.3. The van der Waals surface area contributed by atoms with Crippen molar-refractivity contribution in [3.05, 3.63) is 76.7 Å². The molecule has 2 aliphatic heterocycles. The molecule has 0 radical (unpaired) electrons. The van der Waals surface area contributed by atoms with E-state index in [2.05, 4.69) is 46.5 Å². The van der Waals surface area contributed by atoms with Crippen molar-refractivity contribution in [1.82, 2.24) is 20.0 Å². The number of carbonyl (C=O) groups is 1. The van der Waals surface area contributed by atoms with E-state index in [0.29, 0.717) is 11.4 Å². The number of nitrogens with one attached hydrogen (secondary N) is 1. The molecule has 3 aromatic rings. The lowest BCUT2D eigenvalue weighted by Crippen LogP contribution is -2.57. The van der Waals surface area contributed by atoms with Crippen molar-refractivity contribution in [3.63, 3.8) is 0 Å². The van der Waals surface area contributed by atoms with Gasteiger partial charge in [-0.2, -0.15) is 5.10 Å². The first-order valence-corrected chi connectivity index (χ1v) is 12.6. The first-order valence-electron chi connectivity index (χ1n) is 12.6. The molecule has 1 amide bonds. The Kier molecular flexibility index (Phi) is 5.29. The lowest BCUT2D eigenvalue weighted by atomic mass is 9.70. The number of nitrogens with zero attached hydrogens (tertiary/aromatic N) is 3. The van der Waals surface area contributed by atoms with Crippen LogP contribution in [0.15, 0.2) is 65.6 Å². The van der Waals surface area contributed by atoms with Crippen LogP contribution in [0, 0.1) is 5.41 Å². The minimum atomic E-state index is -0.197. The molecule has 0 unspecified atom stereocenters. The molecule has 6 nitrogen and oxygen atoms in total. The van der Waals surface area contributed by atoms with Crippen LogP contribution < -0.4 is 10.9 Å². The summed E-state index contributed by atoms with van der Waals surface area (Å²) in [5, 5.41) is 9.74. The Balaban J connectivity index is 1.34. The van der Waals surface area contributed by atoms with E-state index >= 15 is 0 Å². The van der Waals surface area contributed by atoms with Gasteiger partial charge in [0.05, 0.1) is 11.6 Å². The molecule has 3 aliphatic rings. The molecule has 1 N–H and O–H groups in total. The lowest BCUT2D eigenvalue weighted by Gasteiger charge is -2.43. The number of rotatable bonds is 4. The maximum absolute atomic E-state index is 13.9. The van der Waals surface area contributed by atoms with E-state index in [-0.39, 0.29) is 41.6 Å². The average molecular weight is 457 g/mol. The van der Waals surface area contributed by atoms with Gasteiger partial charge >= 0.3 is 0 Å². The van der Waals surface area contributed by atoms with Gasteiger partial charge in [-0.15, -0.1) is 0 Å². The molecule has 176 valence electrons. The van der Waals surface area contributed by atoms with Gasteiger partial charge < -0.3 is 10.2 Å². The number of fused-ring (bicyclic) bond motifs is 2. The van der Waals surface area contributed by atoms with Crippen LogP contribution in [0.5, 0.6) is 0 Å². The van der Waals surface area contributed by atoms with Gasteiger partial charge in [-0.05, 0) is 37.3 Å². The maximum atomic E-state index is 13.9. The monoisotopic (exact) mass is 456 g/mol. The van der Waals surface area contributed by atoms with E-state index in [1.54, 1.807) is 12.3 Å². The Hall–Kier alpha value is -2.99. The molecule has 0 spiro atoms. The van der Waals surface area contributed by atoms with E-state index in [4.69, 9.17) is 0 Å². The third kappa shape index (κ3) is 3.47. The van der Waals surface area contributed by atoms with Gasteiger partial charge in [0, 0.05) is 35.0 Å². The Morgan fingerprint density at radius 2 is 1.85 bits per heavy atom. The summed E-state index contributed by atoms with van der Waals surface area (Å²) in [5.41, 5.74) is 1.17. The molecule has 1 saturated carbocycles. The summed E-state index contributed by atoms with van der Waals surface area (Å²) >= 11 is 0. The number of carbonyl (C=O) groups excluding carboxylic acids is 1. The van der Waals surface area contributed by atoms with Crippen LogP contribution >= 0.6 is 0 Å². The summed E-state index contributed by atoms with van der Waals surface area (Å²) in [4.78, 5) is 29.1. The second kappa shape index (κ2) is 8.35. The van der Waals surface area contributed by atoms with Crippen LogP contribution in [-0.2, 0) is 17.8 Å². The molecule has 1 aliphatic carbocycles. The lowest BCUT2D eigenvalue weighted by molar-refractivity contribution is -0.136. The number of likely N-dealkylation sites (tertiary alicyclic amines) is 1. The summed E-state index contributed by atoms with van der Waals surface area (Å²) in [7, 11) is 0. The highest BCUT2D eigenvalue weighted by molar-refractivity contribution is 5.81. The van der Waals surface area contributed by atoms with Gasteiger partial charge in [-0.3, -0.25) is 9.59 Å². The van der Waals surface area contributed by atoms with Gasteiger partial charge in [0.1, 0.15) is 6.54 Å². The Labute approximate surface area is 200 Å². The zero-order valence-corrected chi connectivity index (χ0v) is 19.7. The zero-order valence-electron chi connectivity index (χ0n) is 19.7. The van der Waals surface area contributed by atoms with E-state index < -0.39 is 0 Å². The second-order valence-electron chi connectivity index (χ2n) is 10.6. The van der Waals surface area contributed by atoms with Crippen molar-refractivity contribution >= 4 is 16.7 Å². The number of hydrogen-bond donors (Lipinski definition) is 1. The molecule has 3 fully saturated rings. The van der Waals surface area contributed by atoms with E-state index in [0.717, 1.165) is 31.1 Å². The van der Waals surface area contributed by atoms with Gasteiger partial charge in [-0.25, -0.2) is 4.68 Å². The Bertz CT molecular complexity index is 1270. The van der Waals surface area contributed by atoms with Crippen molar-refractivity contribution in [1.29, 1.82) is 0 Å². The quantitative estimate of drug-likeness (QED) is 0.652. The molecular weight excluding hydrogens is 424 g/mol. The third-order valence-corrected chi connectivity index (χ3v) is 8.63. The maximum Gasteiger partial charge on any atom is 0.275 e. The Morgan fingerprint density at radius 1 is 1.09 bits per heavy atom. The fourth-order valence-corrected chi connectivity index (χ4v) is 6.94. The van der Waals surface area contributed by atoms with E-state index in [9.17, 15) is 9.59 Å². The highest BCUT2D eigenvalue weighted by atomic mass is 16.2. The standard InChI is InChI=1S/C28H32N4O2/c1-28-16-23-22(15-19-9-3-2-4-10-19)30-24(28)13-7-8-14-25(28)32(23)26(33)18-31-27(34)21-12-6-5-11-20(21)17-29-31/h2-6,9-12,17,22-25,30H,7-8,13-16,18H2,1H3/t22-,23-,24+,25-,28+/m0/s1. The predicted molar refractivity (Wildman–Crippen MR) is 132 cm³/mol. The number of hydrogen-bond acceptors (Lipinski definition) is 4. The number of amides is 1. The molecule has 6 heteroatoms. The number of piperidine rings is 1.